The molecule has 0 aliphatic carbocycles. The number of carbonyl (C=O) groups is 1. The van der Waals surface area contributed by atoms with Crippen LogP contribution in [0.1, 0.15) is 23.7 Å². The third-order valence-electron chi connectivity index (χ3n) is 3.20. The summed E-state index contributed by atoms with van der Waals surface area (Å²) in [7, 11) is 1.81. The first kappa shape index (κ1) is 13.2. The summed E-state index contributed by atoms with van der Waals surface area (Å²) in [5.74, 6) is 1.17. The molecule has 106 valence electrons. The van der Waals surface area contributed by atoms with Crippen molar-refractivity contribution in [3.63, 3.8) is 0 Å². The zero-order chi connectivity index (χ0) is 14.8. The molecule has 0 aliphatic heterocycles. The molecule has 0 unspecified atom stereocenters. The van der Waals surface area contributed by atoms with Crippen molar-refractivity contribution >= 4 is 16.8 Å². The van der Waals surface area contributed by atoms with E-state index in [1.54, 1.807) is 35.1 Å². The number of Topliss-reactive ketones (excluding diaryl/α,β-unsaturated/α-hetero) is 1. The summed E-state index contributed by atoms with van der Waals surface area (Å²) in [6, 6.07) is 7.02. The highest BCUT2D eigenvalue weighted by Gasteiger charge is 2.10. The van der Waals surface area contributed by atoms with E-state index in [9.17, 15) is 4.79 Å². The number of ketones is 1. The van der Waals surface area contributed by atoms with Crippen LogP contribution in [-0.2, 0) is 7.05 Å². The van der Waals surface area contributed by atoms with Gasteiger partial charge in [0.05, 0.1) is 6.20 Å². The van der Waals surface area contributed by atoms with E-state index >= 15 is 0 Å². The number of fused-ring (bicyclic) bond motifs is 1. The lowest BCUT2D eigenvalue weighted by atomic mass is 10.1. The molecule has 0 spiro atoms. The zero-order valence-electron chi connectivity index (χ0n) is 11.8. The largest absolute Gasteiger partial charge is 0.438 e. The summed E-state index contributed by atoms with van der Waals surface area (Å²) in [6.45, 7) is 1.84. The lowest BCUT2D eigenvalue weighted by molar-refractivity contribution is 0.0988. The average Bonchev–Trinajstić information content (AvgIpc) is 2.90. The molecule has 6 nitrogen and oxygen atoms in total. The number of hydrogen-bond acceptors (Lipinski definition) is 5. The SMILES string of the molecule is CCC(=O)c1ccc(Oc2ncnc3c2cnn3C)cc1. The van der Waals surface area contributed by atoms with Crippen LogP contribution in [0.4, 0.5) is 0 Å². The highest BCUT2D eigenvalue weighted by molar-refractivity contribution is 5.95. The Morgan fingerprint density at radius 1 is 1.24 bits per heavy atom. The molecule has 21 heavy (non-hydrogen) atoms. The van der Waals surface area contributed by atoms with Gasteiger partial charge in [0.1, 0.15) is 17.5 Å². The minimum absolute atomic E-state index is 0.109. The topological polar surface area (TPSA) is 69.9 Å². The molecule has 2 aromatic heterocycles. The normalized spacial score (nSPS) is 10.8. The van der Waals surface area contributed by atoms with E-state index in [0.29, 0.717) is 29.3 Å². The molecule has 0 radical (unpaired) electrons. The van der Waals surface area contributed by atoms with Gasteiger partial charge >= 0.3 is 0 Å². The molecule has 2 heterocycles. The van der Waals surface area contributed by atoms with Gasteiger partial charge < -0.3 is 4.74 Å². The van der Waals surface area contributed by atoms with Gasteiger partial charge in [-0.1, -0.05) is 6.92 Å². The molecule has 3 aromatic rings. The summed E-state index contributed by atoms with van der Waals surface area (Å²) in [4.78, 5) is 19.9. The Kier molecular flexibility index (Phi) is 3.35. The molecule has 3 rings (SSSR count). The van der Waals surface area contributed by atoms with Crippen LogP contribution in [0.5, 0.6) is 11.6 Å². The van der Waals surface area contributed by atoms with E-state index in [2.05, 4.69) is 15.1 Å². The van der Waals surface area contributed by atoms with Crippen molar-refractivity contribution in [2.75, 3.05) is 0 Å². The van der Waals surface area contributed by atoms with Crippen LogP contribution >= 0.6 is 0 Å². The number of aryl methyl sites for hydroxylation is 1. The predicted molar refractivity (Wildman–Crippen MR) is 77.4 cm³/mol. The van der Waals surface area contributed by atoms with Crippen molar-refractivity contribution in [2.45, 2.75) is 13.3 Å². The minimum Gasteiger partial charge on any atom is -0.438 e. The van der Waals surface area contributed by atoms with Gasteiger partial charge in [0, 0.05) is 19.0 Å². The Morgan fingerprint density at radius 2 is 2.00 bits per heavy atom. The number of hydrogen-bond donors (Lipinski definition) is 0. The molecular weight excluding hydrogens is 268 g/mol. The molecule has 1 aromatic carbocycles. The van der Waals surface area contributed by atoms with Crippen molar-refractivity contribution in [1.29, 1.82) is 0 Å². The fraction of sp³-hybridized carbons (Fsp3) is 0.200. The van der Waals surface area contributed by atoms with Gasteiger partial charge in [-0.05, 0) is 24.3 Å². The van der Waals surface area contributed by atoms with Crippen LogP contribution in [0.3, 0.4) is 0 Å². The van der Waals surface area contributed by atoms with Crippen molar-refractivity contribution < 1.29 is 9.53 Å². The van der Waals surface area contributed by atoms with Crippen LogP contribution in [0.15, 0.2) is 36.8 Å². The quantitative estimate of drug-likeness (QED) is 0.688. The number of rotatable bonds is 4. The second-order valence-electron chi connectivity index (χ2n) is 4.59. The first-order valence-electron chi connectivity index (χ1n) is 6.63. The Balaban J connectivity index is 1.90. The van der Waals surface area contributed by atoms with Gasteiger partial charge in [0.2, 0.25) is 5.88 Å². The van der Waals surface area contributed by atoms with Crippen LogP contribution in [-0.4, -0.2) is 25.5 Å². The second kappa shape index (κ2) is 5.32. The van der Waals surface area contributed by atoms with Crippen molar-refractivity contribution in [2.24, 2.45) is 7.05 Å². The van der Waals surface area contributed by atoms with E-state index in [0.717, 1.165) is 5.39 Å². The Hall–Kier alpha value is -2.76. The zero-order valence-corrected chi connectivity index (χ0v) is 11.8. The number of carbonyl (C=O) groups excluding carboxylic acids is 1. The van der Waals surface area contributed by atoms with E-state index in [-0.39, 0.29) is 5.78 Å². The molecule has 0 saturated carbocycles. The van der Waals surface area contributed by atoms with Gasteiger partial charge in [-0.2, -0.15) is 5.10 Å². The maximum absolute atomic E-state index is 11.6. The number of aromatic nitrogens is 4. The monoisotopic (exact) mass is 282 g/mol. The summed E-state index contributed by atoms with van der Waals surface area (Å²) in [6.07, 6.45) is 3.59. The highest BCUT2D eigenvalue weighted by Crippen LogP contribution is 2.26. The molecule has 0 amide bonds. The van der Waals surface area contributed by atoms with Crippen LogP contribution in [0, 0.1) is 0 Å². The predicted octanol–water partition coefficient (Wildman–Crippen LogP) is 2.75. The summed E-state index contributed by atoms with van der Waals surface area (Å²) in [5, 5.41) is 4.88. The molecule has 0 aliphatic rings. The highest BCUT2D eigenvalue weighted by atomic mass is 16.5. The maximum Gasteiger partial charge on any atom is 0.233 e. The smallest absolute Gasteiger partial charge is 0.233 e. The number of nitrogens with zero attached hydrogens (tertiary/aromatic N) is 4. The molecular formula is C15H14N4O2. The van der Waals surface area contributed by atoms with Crippen molar-refractivity contribution in [1.82, 2.24) is 19.7 Å². The van der Waals surface area contributed by atoms with E-state index < -0.39 is 0 Å². The lowest BCUT2D eigenvalue weighted by Crippen LogP contribution is -1.96. The van der Waals surface area contributed by atoms with Crippen LogP contribution in [0.2, 0.25) is 0 Å². The molecule has 0 bridgehead atoms. The maximum atomic E-state index is 11.6. The van der Waals surface area contributed by atoms with E-state index in [4.69, 9.17) is 4.74 Å². The van der Waals surface area contributed by atoms with E-state index in [1.165, 1.54) is 6.33 Å². The average molecular weight is 282 g/mol. The molecule has 0 N–H and O–H groups in total. The van der Waals surface area contributed by atoms with Gasteiger partial charge in [0.15, 0.2) is 11.4 Å². The van der Waals surface area contributed by atoms with Gasteiger partial charge in [0.25, 0.3) is 0 Å². The van der Waals surface area contributed by atoms with Gasteiger partial charge in [-0.3, -0.25) is 9.48 Å². The van der Waals surface area contributed by atoms with Crippen molar-refractivity contribution in [3.8, 4) is 11.6 Å². The Labute approximate surface area is 121 Å². The van der Waals surface area contributed by atoms with Gasteiger partial charge in [-0.25, -0.2) is 9.97 Å². The third-order valence-corrected chi connectivity index (χ3v) is 3.20. The molecule has 0 saturated heterocycles. The van der Waals surface area contributed by atoms with Crippen LogP contribution < -0.4 is 4.74 Å². The minimum atomic E-state index is 0.109. The second-order valence-corrected chi connectivity index (χ2v) is 4.59. The molecule has 0 atom stereocenters. The molecule has 0 fully saturated rings. The lowest BCUT2D eigenvalue weighted by Gasteiger charge is -2.06. The standard InChI is InChI=1S/C15H14N4O2/c1-3-13(20)10-4-6-11(7-5-10)21-15-12-8-18-19(2)14(12)16-9-17-15/h4-9H,3H2,1-2H3. The Bertz CT molecular complexity index is 793. The molecule has 6 heteroatoms. The third kappa shape index (κ3) is 2.47. The first-order chi connectivity index (χ1) is 10.2. The fourth-order valence-electron chi connectivity index (χ4n) is 2.05. The summed E-state index contributed by atoms with van der Waals surface area (Å²) >= 11 is 0. The Morgan fingerprint density at radius 3 is 2.71 bits per heavy atom. The summed E-state index contributed by atoms with van der Waals surface area (Å²) < 4.78 is 7.42. The van der Waals surface area contributed by atoms with E-state index in [1.807, 2.05) is 14.0 Å². The summed E-state index contributed by atoms with van der Waals surface area (Å²) in [5.41, 5.74) is 1.39. The fourth-order valence-corrected chi connectivity index (χ4v) is 2.05. The van der Waals surface area contributed by atoms with Gasteiger partial charge in [-0.15, -0.1) is 0 Å². The van der Waals surface area contributed by atoms with Crippen molar-refractivity contribution in [3.05, 3.63) is 42.4 Å². The first-order valence-corrected chi connectivity index (χ1v) is 6.63. The number of benzene rings is 1. The van der Waals surface area contributed by atoms with Crippen LogP contribution in [0.25, 0.3) is 11.0 Å². The number of ether oxygens (including phenoxy) is 1.